The number of aliphatic hydroxyl groups is 1. The number of ether oxygens (including phenoxy) is 1. The van der Waals surface area contributed by atoms with E-state index >= 15 is 0 Å². The van der Waals surface area contributed by atoms with E-state index in [1.807, 2.05) is 24.3 Å². The lowest BCUT2D eigenvalue weighted by Gasteiger charge is -2.29. The van der Waals surface area contributed by atoms with Gasteiger partial charge in [-0.1, -0.05) is 35.9 Å². The van der Waals surface area contributed by atoms with Gasteiger partial charge in [-0.25, -0.2) is 4.39 Å². The molecule has 0 fully saturated rings. The number of hydrogen-bond donors (Lipinski definition) is 1. The highest BCUT2D eigenvalue weighted by molar-refractivity contribution is 6.30. The van der Waals surface area contributed by atoms with Crippen molar-refractivity contribution in [2.45, 2.75) is 18.4 Å². The Bertz CT molecular complexity index is 630. The van der Waals surface area contributed by atoms with Gasteiger partial charge in [0.25, 0.3) is 0 Å². The van der Waals surface area contributed by atoms with E-state index in [4.69, 9.17) is 16.3 Å². The monoisotopic (exact) mass is 292 g/mol. The molecule has 0 saturated heterocycles. The van der Waals surface area contributed by atoms with Gasteiger partial charge < -0.3 is 9.84 Å². The van der Waals surface area contributed by atoms with Crippen LogP contribution in [0.2, 0.25) is 5.02 Å². The van der Waals surface area contributed by atoms with Crippen LogP contribution in [0.5, 0.6) is 5.75 Å². The quantitative estimate of drug-likeness (QED) is 0.904. The first-order valence-corrected chi connectivity index (χ1v) is 6.89. The van der Waals surface area contributed by atoms with Gasteiger partial charge in [0.2, 0.25) is 0 Å². The van der Waals surface area contributed by atoms with Crippen molar-refractivity contribution in [2.24, 2.45) is 0 Å². The average Bonchev–Trinajstić information content (AvgIpc) is 2.46. The molecule has 4 heteroatoms. The number of halogens is 2. The Morgan fingerprint density at radius 3 is 2.85 bits per heavy atom. The first kappa shape index (κ1) is 13.4. The van der Waals surface area contributed by atoms with Gasteiger partial charge >= 0.3 is 0 Å². The lowest BCUT2D eigenvalue weighted by atomic mass is 9.85. The van der Waals surface area contributed by atoms with Crippen molar-refractivity contribution in [3.63, 3.8) is 0 Å². The van der Waals surface area contributed by atoms with Gasteiger partial charge in [-0.2, -0.15) is 0 Å². The highest BCUT2D eigenvalue weighted by atomic mass is 35.5. The molecule has 0 saturated carbocycles. The second-order valence-electron chi connectivity index (χ2n) is 4.89. The van der Waals surface area contributed by atoms with Crippen LogP contribution < -0.4 is 4.74 Å². The van der Waals surface area contributed by atoms with E-state index in [-0.39, 0.29) is 11.5 Å². The maximum atomic E-state index is 14.0. The lowest BCUT2D eigenvalue weighted by molar-refractivity contribution is 0.114. The van der Waals surface area contributed by atoms with Crippen molar-refractivity contribution in [1.82, 2.24) is 0 Å². The number of fused-ring (bicyclic) bond motifs is 1. The van der Waals surface area contributed by atoms with E-state index in [9.17, 15) is 9.50 Å². The summed E-state index contributed by atoms with van der Waals surface area (Å²) in [6.45, 7) is 0.522. The van der Waals surface area contributed by atoms with Crippen LogP contribution >= 0.6 is 11.6 Å². The fourth-order valence-electron chi connectivity index (χ4n) is 2.66. The number of benzene rings is 2. The Hall–Kier alpha value is -1.58. The molecular weight excluding hydrogens is 279 g/mol. The number of aliphatic hydroxyl groups excluding tert-OH is 1. The van der Waals surface area contributed by atoms with Gasteiger partial charge in [0, 0.05) is 22.1 Å². The fourth-order valence-corrected chi connectivity index (χ4v) is 2.81. The summed E-state index contributed by atoms with van der Waals surface area (Å²) in [6.07, 6.45) is -0.252. The standard InChI is InChI=1S/C16H14ClFO2/c17-10-5-6-13(14(18)9-10)16(19)12-7-8-20-15-4-2-1-3-11(12)15/h1-6,9,12,16,19H,7-8H2. The van der Waals surface area contributed by atoms with Crippen LogP contribution in [0.15, 0.2) is 42.5 Å². The van der Waals surface area contributed by atoms with Crippen molar-refractivity contribution in [3.8, 4) is 5.75 Å². The van der Waals surface area contributed by atoms with Crippen LogP contribution in [0.4, 0.5) is 4.39 Å². The molecule has 0 aliphatic carbocycles. The van der Waals surface area contributed by atoms with Crippen LogP contribution in [0.1, 0.15) is 29.6 Å². The summed E-state index contributed by atoms with van der Waals surface area (Å²) in [5.41, 5.74) is 1.19. The van der Waals surface area contributed by atoms with E-state index in [1.165, 1.54) is 6.07 Å². The summed E-state index contributed by atoms with van der Waals surface area (Å²) < 4.78 is 19.5. The summed E-state index contributed by atoms with van der Waals surface area (Å²) in [5, 5.41) is 10.8. The van der Waals surface area contributed by atoms with Crippen molar-refractivity contribution in [3.05, 3.63) is 64.4 Å². The van der Waals surface area contributed by atoms with Gasteiger partial charge in [0.05, 0.1) is 12.7 Å². The van der Waals surface area contributed by atoms with Gasteiger partial charge in [-0.05, 0) is 24.6 Å². The third-order valence-electron chi connectivity index (χ3n) is 3.67. The van der Waals surface area contributed by atoms with Gasteiger partial charge in [-0.15, -0.1) is 0 Å². The lowest BCUT2D eigenvalue weighted by Crippen LogP contribution is -2.20. The Balaban J connectivity index is 1.97. The van der Waals surface area contributed by atoms with Crippen LogP contribution in [-0.2, 0) is 0 Å². The Morgan fingerprint density at radius 1 is 1.25 bits per heavy atom. The molecule has 0 bridgehead atoms. The van der Waals surface area contributed by atoms with E-state index in [0.717, 1.165) is 11.3 Å². The number of para-hydroxylation sites is 1. The molecule has 3 rings (SSSR count). The molecule has 2 nitrogen and oxygen atoms in total. The SMILES string of the molecule is OC(c1ccc(Cl)cc1F)C1CCOc2ccccc21. The van der Waals surface area contributed by atoms with Gasteiger partial charge in [0.1, 0.15) is 11.6 Å². The van der Waals surface area contributed by atoms with Crippen molar-refractivity contribution >= 4 is 11.6 Å². The molecule has 0 aromatic heterocycles. The maximum Gasteiger partial charge on any atom is 0.130 e. The topological polar surface area (TPSA) is 29.5 Å². The molecule has 1 aliphatic rings. The summed E-state index contributed by atoms with van der Waals surface area (Å²) in [4.78, 5) is 0. The molecule has 104 valence electrons. The van der Waals surface area contributed by atoms with Crippen LogP contribution in [0.25, 0.3) is 0 Å². The zero-order chi connectivity index (χ0) is 14.1. The molecule has 2 aromatic rings. The summed E-state index contributed by atoms with van der Waals surface area (Å²) in [6, 6.07) is 11.9. The third kappa shape index (κ3) is 2.39. The van der Waals surface area contributed by atoms with E-state index in [0.29, 0.717) is 18.1 Å². The molecule has 0 amide bonds. The molecule has 2 aromatic carbocycles. The Morgan fingerprint density at radius 2 is 2.05 bits per heavy atom. The van der Waals surface area contributed by atoms with Crippen molar-refractivity contribution < 1.29 is 14.2 Å². The minimum Gasteiger partial charge on any atom is -0.493 e. The smallest absolute Gasteiger partial charge is 0.130 e. The molecule has 20 heavy (non-hydrogen) atoms. The largest absolute Gasteiger partial charge is 0.493 e. The van der Waals surface area contributed by atoms with E-state index < -0.39 is 11.9 Å². The maximum absolute atomic E-state index is 14.0. The van der Waals surface area contributed by atoms with Crippen molar-refractivity contribution in [1.29, 1.82) is 0 Å². The third-order valence-corrected chi connectivity index (χ3v) is 3.90. The highest BCUT2D eigenvalue weighted by Crippen LogP contribution is 2.41. The molecule has 1 N–H and O–H groups in total. The first-order valence-electron chi connectivity index (χ1n) is 6.51. The predicted octanol–water partition coefficient (Wildman–Crippen LogP) is 4.08. The average molecular weight is 293 g/mol. The van der Waals surface area contributed by atoms with Gasteiger partial charge in [0.15, 0.2) is 0 Å². The van der Waals surface area contributed by atoms with Crippen LogP contribution in [0.3, 0.4) is 0 Å². The van der Waals surface area contributed by atoms with Crippen LogP contribution in [-0.4, -0.2) is 11.7 Å². The number of hydrogen-bond acceptors (Lipinski definition) is 2. The second kappa shape index (κ2) is 5.43. The van der Waals surface area contributed by atoms with E-state index in [1.54, 1.807) is 12.1 Å². The predicted molar refractivity (Wildman–Crippen MR) is 75.7 cm³/mol. The van der Waals surface area contributed by atoms with E-state index in [2.05, 4.69) is 0 Å². The van der Waals surface area contributed by atoms with Gasteiger partial charge in [-0.3, -0.25) is 0 Å². The van der Waals surface area contributed by atoms with Crippen LogP contribution in [0, 0.1) is 5.82 Å². The second-order valence-corrected chi connectivity index (χ2v) is 5.33. The Kier molecular flexibility index (Phi) is 3.64. The molecule has 2 atom stereocenters. The summed E-state index contributed by atoms with van der Waals surface area (Å²) in [7, 11) is 0. The zero-order valence-electron chi connectivity index (χ0n) is 10.7. The zero-order valence-corrected chi connectivity index (χ0v) is 11.5. The minimum absolute atomic E-state index is 0.171. The Labute approximate surface area is 121 Å². The molecule has 1 heterocycles. The highest BCUT2D eigenvalue weighted by Gasteiger charge is 2.30. The number of rotatable bonds is 2. The normalized spacial score (nSPS) is 19.1. The molecule has 0 radical (unpaired) electrons. The molecule has 2 unspecified atom stereocenters. The molecule has 1 aliphatic heterocycles. The first-order chi connectivity index (χ1) is 9.66. The summed E-state index contributed by atoms with van der Waals surface area (Å²) >= 11 is 5.75. The van der Waals surface area contributed by atoms with Crippen molar-refractivity contribution in [2.75, 3.05) is 6.61 Å². The molecular formula is C16H14ClFO2. The summed E-state index contributed by atoms with van der Waals surface area (Å²) in [5.74, 6) is 0.113. The molecule has 0 spiro atoms. The fraction of sp³-hybridized carbons (Fsp3) is 0.250. The minimum atomic E-state index is -0.905.